The van der Waals surface area contributed by atoms with Crippen molar-refractivity contribution in [1.82, 2.24) is 10.3 Å². The first-order valence-corrected chi connectivity index (χ1v) is 9.48. The van der Waals surface area contributed by atoms with Crippen LogP contribution in [0.25, 0.3) is 10.9 Å². The second-order valence-corrected chi connectivity index (χ2v) is 6.94. The minimum absolute atomic E-state index is 0.304. The molecule has 4 nitrogen and oxygen atoms in total. The number of aromatic nitrogens is 1. The van der Waals surface area contributed by atoms with Crippen LogP contribution in [0.5, 0.6) is 0 Å². The van der Waals surface area contributed by atoms with Gasteiger partial charge in [0.15, 0.2) is 0 Å². The molecule has 136 valence electrons. The van der Waals surface area contributed by atoms with Crippen LogP contribution in [0.15, 0.2) is 48.2 Å². The molecule has 0 spiro atoms. The fourth-order valence-electron chi connectivity index (χ4n) is 3.84. The number of carbonyl (C=O) groups excluding carboxylic acids is 1. The largest absolute Gasteiger partial charge is 0.463 e. The lowest BCUT2D eigenvalue weighted by molar-refractivity contribution is -0.137. The minimum Gasteiger partial charge on any atom is -0.463 e. The van der Waals surface area contributed by atoms with Gasteiger partial charge in [-0.25, -0.2) is 4.79 Å². The Kier molecular flexibility index (Phi) is 5.67. The quantitative estimate of drug-likeness (QED) is 0.501. The van der Waals surface area contributed by atoms with Crippen LogP contribution in [0.4, 0.5) is 0 Å². The van der Waals surface area contributed by atoms with E-state index in [9.17, 15) is 4.79 Å². The van der Waals surface area contributed by atoms with Crippen molar-refractivity contribution in [2.75, 3.05) is 13.7 Å². The molecule has 1 atom stereocenters. The van der Waals surface area contributed by atoms with E-state index < -0.39 is 5.41 Å². The molecule has 1 fully saturated rings. The highest BCUT2D eigenvalue weighted by Crippen LogP contribution is 2.44. The number of pyridine rings is 1. The summed E-state index contributed by atoms with van der Waals surface area (Å²) in [5, 5.41) is 4.24. The fourth-order valence-corrected chi connectivity index (χ4v) is 4.19. The van der Waals surface area contributed by atoms with Gasteiger partial charge < -0.3 is 10.1 Å². The van der Waals surface area contributed by atoms with Crippen molar-refractivity contribution in [3.63, 3.8) is 0 Å². The van der Waals surface area contributed by atoms with Crippen LogP contribution in [-0.2, 0) is 14.9 Å². The average molecular weight is 369 g/mol. The van der Waals surface area contributed by atoms with E-state index in [4.69, 9.17) is 17.0 Å². The Labute approximate surface area is 159 Å². The number of nitrogens with one attached hydrogen (secondary N) is 1. The van der Waals surface area contributed by atoms with Gasteiger partial charge in [0, 0.05) is 24.7 Å². The molecule has 1 aromatic carbocycles. The third-order valence-corrected chi connectivity index (χ3v) is 5.63. The smallest absolute Gasteiger partial charge is 0.330 e. The van der Waals surface area contributed by atoms with Crippen molar-refractivity contribution in [2.45, 2.75) is 38.0 Å². The molecule has 26 heavy (non-hydrogen) atoms. The first-order chi connectivity index (χ1) is 12.6. The Morgan fingerprint density at radius 2 is 2.19 bits per heavy atom. The van der Waals surface area contributed by atoms with E-state index in [-0.39, 0.29) is 5.97 Å². The SMILES string of the molecule is CCOC(=O)C=C1CCCCC1(C(=S)NC)c1cnc2ccccc2c1. The molecule has 3 rings (SSSR count). The van der Waals surface area contributed by atoms with Gasteiger partial charge in [-0.15, -0.1) is 0 Å². The zero-order chi connectivity index (χ0) is 18.6. The number of hydrogen-bond donors (Lipinski definition) is 1. The molecule has 1 saturated carbocycles. The van der Waals surface area contributed by atoms with E-state index in [1.165, 1.54) is 0 Å². The van der Waals surface area contributed by atoms with Crippen molar-refractivity contribution < 1.29 is 9.53 Å². The first-order valence-electron chi connectivity index (χ1n) is 9.07. The Balaban J connectivity index is 2.17. The van der Waals surface area contributed by atoms with Crippen molar-refractivity contribution in [3.05, 3.63) is 53.7 Å². The van der Waals surface area contributed by atoms with Crippen LogP contribution in [-0.4, -0.2) is 29.6 Å². The number of likely N-dealkylation sites (N-methyl/N-ethyl adjacent to an activating group) is 1. The van der Waals surface area contributed by atoms with E-state index in [0.29, 0.717) is 6.61 Å². The molecule has 0 aliphatic heterocycles. The number of rotatable bonds is 4. The van der Waals surface area contributed by atoms with Crippen LogP contribution in [0.3, 0.4) is 0 Å². The maximum Gasteiger partial charge on any atom is 0.330 e. The number of benzene rings is 1. The number of nitrogens with zero attached hydrogens (tertiary/aromatic N) is 1. The van der Waals surface area contributed by atoms with Gasteiger partial charge in [0.1, 0.15) is 0 Å². The summed E-state index contributed by atoms with van der Waals surface area (Å²) in [5.74, 6) is -0.304. The van der Waals surface area contributed by atoms with E-state index in [1.54, 1.807) is 6.08 Å². The zero-order valence-corrected chi connectivity index (χ0v) is 16.1. The van der Waals surface area contributed by atoms with Crippen LogP contribution < -0.4 is 5.32 Å². The van der Waals surface area contributed by atoms with E-state index in [1.807, 2.05) is 38.4 Å². The number of fused-ring (bicyclic) bond motifs is 1. The predicted octanol–water partition coefficient (Wildman–Crippen LogP) is 4.08. The number of para-hydroxylation sites is 1. The van der Waals surface area contributed by atoms with Crippen LogP contribution in [0.1, 0.15) is 38.2 Å². The van der Waals surface area contributed by atoms with Crippen LogP contribution in [0.2, 0.25) is 0 Å². The van der Waals surface area contributed by atoms with Crippen LogP contribution in [0, 0.1) is 0 Å². The van der Waals surface area contributed by atoms with Gasteiger partial charge >= 0.3 is 5.97 Å². The van der Waals surface area contributed by atoms with Crippen molar-refractivity contribution in [3.8, 4) is 0 Å². The van der Waals surface area contributed by atoms with Gasteiger partial charge in [-0.3, -0.25) is 4.98 Å². The molecule has 2 aromatic rings. The number of ether oxygens (including phenoxy) is 1. The van der Waals surface area contributed by atoms with Gasteiger partial charge in [-0.05, 0) is 49.5 Å². The molecule has 1 aliphatic carbocycles. The van der Waals surface area contributed by atoms with Gasteiger partial charge in [0.05, 0.1) is 22.5 Å². The fraction of sp³-hybridized carbons (Fsp3) is 0.381. The Morgan fingerprint density at radius 1 is 1.38 bits per heavy atom. The highest BCUT2D eigenvalue weighted by Gasteiger charge is 2.42. The molecule has 1 heterocycles. The highest BCUT2D eigenvalue weighted by atomic mass is 32.1. The average Bonchev–Trinajstić information content (AvgIpc) is 2.67. The predicted molar refractivity (Wildman–Crippen MR) is 108 cm³/mol. The summed E-state index contributed by atoms with van der Waals surface area (Å²) in [6, 6.07) is 10.2. The lowest BCUT2D eigenvalue weighted by Crippen LogP contribution is -2.45. The second-order valence-electron chi connectivity index (χ2n) is 6.53. The number of hydrogen-bond acceptors (Lipinski definition) is 4. The molecule has 1 aromatic heterocycles. The maximum atomic E-state index is 12.2. The van der Waals surface area contributed by atoms with E-state index in [2.05, 4.69) is 22.4 Å². The minimum atomic E-state index is -0.508. The zero-order valence-electron chi connectivity index (χ0n) is 15.2. The standard InChI is InChI=1S/C21H24N2O2S/c1-3-25-19(24)13-16-9-6-7-11-21(16,20(26)22-2)17-12-15-8-4-5-10-18(15)23-14-17/h4-5,8,10,12-14H,3,6-7,9,11H2,1-2H3,(H,22,26). The summed E-state index contributed by atoms with van der Waals surface area (Å²) in [5.41, 5.74) is 2.49. The van der Waals surface area contributed by atoms with Crippen molar-refractivity contribution in [2.24, 2.45) is 0 Å². The van der Waals surface area contributed by atoms with Crippen LogP contribution >= 0.6 is 12.2 Å². The molecule has 0 amide bonds. The Hall–Kier alpha value is -2.27. The molecule has 0 radical (unpaired) electrons. The molecule has 0 saturated heterocycles. The first kappa shape index (κ1) is 18.5. The Morgan fingerprint density at radius 3 is 2.96 bits per heavy atom. The maximum absolute atomic E-state index is 12.2. The molecule has 0 bridgehead atoms. The van der Waals surface area contributed by atoms with Crippen molar-refractivity contribution in [1.29, 1.82) is 0 Å². The van der Waals surface area contributed by atoms with E-state index in [0.717, 1.165) is 52.7 Å². The lowest BCUT2D eigenvalue weighted by atomic mass is 9.66. The normalized spacial score (nSPS) is 21.5. The summed E-state index contributed by atoms with van der Waals surface area (Å²) in [6.45, 7) is 2.18. The molecule has 5 heteroatoms. The Bertz CT molecular complexity index is 862. The number of thiocarbonyl (C=S) groups is 1. The van der Waals surface area contributed by atoms with Crippen molar-refractivity contribution >= 4 is 34.1 Å². The monoisotopic (exact) mass is 368 g/mol. The molecule has 1 aliphatic rings. The topological polar surface area (TPSA) is 51.2 Å². The van der Waals surface area contributed by atoms with Gasteiger partial charge in [-0.1, -0.05) is 36.8 Å². The number of carbonyl (C=O) groups is 1. The summed E-state index contributed by atoms with van der Waals surface area (Å²) >= 11 is 5.75. The molecule has 1 N–H and O–H groups in total. The summed E-state index contributed by atoms with van der Waals surface area (Å²) in [6.07, 6.45) is 7.32. The summed E-state index contributed by atoms with van der Waals surface area (Å²) < 4.78 is 5.16. The molecule has 1 unspecified atom stereocenters. The highest BCUT2D eigenvalue weighted by molar-refractivity contribution is 7.80. The third-order valence-electron chi connectivity index (χ3n) is 5.07. The van der Waals surface area contributed by atoms with Gasteiger partial charge in [0.25, 0.3) is 0 Å². The van der Waals surface area contributed by atoms with Gasteiger partial charge in [-0.2, -0.15) is 0 Å². The molecular formula is C21H24N2O2S. The number of esters is 1. The summed E-state index contributed by atoms with van der Waals surface area (Å²) in [7, 11) is 1.84. The van der Waals surface area contributed by atoms with Gasteiger partial charge in [0.2, 0.25) is 0 Å². The molecular weight excluding hydrogens is 344 g/mol. The third kappa shape index (κ3) is 3.36. The second kappa shape index (κ2) is 7.96. The van der Waals surface area contributed by atoms with E-state index >= 15 is 0 Å². The lowest BCUT2D eigenvalue weighted by Gasteiger charge is -2.40. The summed E-state index contributed by atoms with van der Waals surface area (Å²) in [4.78, 5) is 17.5.